The first-order chi connectivity index (χ1) is 7.70. The van der Waals surface area contributed by atoms with Gasteiger partial charge < -0.3 is 5.73 Å². The SMILES string of the molecule is Cc1c(CN)cnn1Cc1cccc(F)c1. The summed E-state index contributed by atoms with van der Waals surface area (Å²) in [4.78, 5) is 0. The van der Waals surface area contributed by atoms with Gasteiger partial charge in [-0.15, -0.1) is 0 Å². The lowest BCUT2D eigenvalue weighted by Gasteiger charge is -2.05. The molecule has 0 bridgehead atoms. The summed E-state index contributed by atoms with van der Waals surface area (Å²) in [7, 11) is 0. The van der Waals surface area contributed by atoms with E-state index in [1.807, 2.05) is 17.7 Å². The standard InChI is InChI=1S/C12H14FN3/c1-9-11(6-14)7-15-16(9)8-10-3-2-4-12(13)5-10/h2-5,7H,6,8,14H2,1H3. The molecule has 0 radical (unpaired) electrons. The van der Waals surface area contributed by atoms with Gasteiger partial charge in [0.25, 0.3) is 0 Å². The molecule has 3 nitrogen and oxygen atoms in total. The Balaban J connectivity index is 2.24. The van der Waals surface area contributed by atoms with Crippen LogP contribution in [-0.2, 0) is 13.1 Å². The number of rotatable bonds is 3. The quantitative estimate of drug-likeness (QED) is 0.856. The summed E-state index contributed by atoms with van der Waals surface area (Å²) in [6.45, 7) is 3.02. The van der Waals surface area contributed by atoms with Gasteiger partial charge in [-0.25, -0.2) is 4.39 Å². The average Bonchev–Trinajstić information content (AvgIpc) is 2.60. The molecule has 0 aliphatic rings. The molecule has 1 heterocycles. The average molecular weight is 219 g/mol. The first kappa shape index (κ1) is 10.8. The molecule has 2 N–H and O–H groups in total. The van der Waals surface area contributed by atoms with E-state index in [1.165, 1.54) is 12.1 Å². The number of nitrogens with zero attached hydrogens (tertiary/aromatic N) is 2. The monoisotopic (exact) mass is 219 g/mol. The highest BCUT2D eigenvalue weighted by Crippen LogP contribution is 2.10. The van der Waals surface area contributed by atoms with Gasteiger partial charge in [0, 0.05) is 17.8 Å². The third kappa shape index (κ3) is 2.12. The minimum Gasteiger partial charge on any atom is -0.326 e. The predicted octanol–water partition coefficient (Wildman–Crippen LogP) is 1.84. The van der Waals surface area contributed by atoms with E-state index < -0.39 is 0 Å². The Hall–Kier alpha value is -1.68. The van der Waals surface area contributed by atoms with E-state index in [1.54, 1.807) is 12.3 Å². The maximum absolute atomic E-state index is 13.0. The van der Waals surface area contributed by atoms with Gasteiger partial charge in [-0.05, 0) is 24.6 Å². The second kappa shape index (κ2) is 4.45. The lowest BCUT2D eigenvalue weighted by Crippen LogP contribution is -2.05. The predicted molar refractivity (Wildman–Crippen MR) is 60.4 cm³/mol. The Kier molecular flexibility index (Phi) is 3.01. The van der Waals surface area contributed by atoms with E-state index >= 15 is 0 Å². The van der Waals surface area contributed by atoms with Gasteiger partial charge in [0.15, 0.2) is 0 Å². The largest absolute Gasteiger partial charge is 0.326 e. The molecule has 1 aromatic heterocycles. The highest BCUT2D eigenvalue weighted by atomic mass is 19.1. The van der Waals surface area contributed by atoms with Crippen LogP contribution >= 0.6 is 0 Å². The minimum absolute atomic E-state index is 0.221. The molecule has 0 spiro atoms. The minimum atomic E-state index is -0.221. The normalized spacial score (nSPS) is 10.7. The van der Waals surface area contributed by atoms with Gasteiger partial charge in [0.05, 0.1) is 12.7 Å². The highest BCUT2D eigenvalue weighted by molar-refractivity contribution is 5.20. The van der Waals surface area contributed by atoms with Crippen LogP contribution in [0.25, 0.3) is 0 Å². The molecule has 2 aromatic rings. The first-order valence-corrected chi connectivity index (χ1v) is 5.16. The molecule has 0 amide bonds. The second-order valence-electron chi connectivity index (χ2n) is 3.75. The number of benzene rings is 1. The van der Waals surface area contributed by atoms with Gasteiger partial charge in [0.2, 0.25) is 0 Å². The lowest BCUT2D eigenvalue weighted by molar-refractivity contribution is 0.616. The molecule has 16 heavy (non-hydrogen) atoms. The van der Waals surface area contributed by atoms with E-state index in [9.17, 15) is 4.39 Å². The number of halogens is 1. The molecule has 0 aliphatic carbocycles. The Morgan fingerprint density at radius 2 is 2.25 bits per heavy atom. The summed E-state index contributed by atoms with van der Waals surface area (Å²) in [5.74, 6) is -0.221. The molecule has 84 valence electrons. The molecule has 0 atom stereocenters. The van der Waals surface area contributed by atoms with Crippen molar-refractivity contribution in [2.24, 2.45) is 5.73 Å². The highest BCUT2D eigenvalue weighted by Gasteiger charge is 2.05. The van der Waals surface area contributed by atoms with Crippen LogP contribution in [0.1, 0.15) is 16.8 Å². The number of aromatic nitrogens is 2. The van der Waals surface area contributed by atoms with Gasteiger partial charge in [-0.2, -0.15) is 5.10 Å². The smallest absolute Gasteiger partial charge is 0.123 e. The van der Waals surface area contributed by atoms with Gasteiger partial charge in [0.1, 0.15) is 5.82 Å². The van der Waals surface area contributed by atoms with Crippen LogP contribution in [0.3, 0.4) is 0 Å². The number of hydrogen-bond donors (Lipinski definition) is 1. The molecule has 0 saturated carbocycles. The summed E-state index contributed by atoms with van der Waals surface area (Å²) in [6, 6.07) is 6.54. The van der Waals surface area contributed by atoms with E-state index in [-0.39, 0.29) is 5.82 Å². The summed E-state index contributed by atoms with van der Waals surface area (Å²) in [5.41, 5.74) is 8.52. The molecule has 0 saturated heterocycles. The molecule has 1 aromatic carbocycles. The van der Waals surface area contributed by atoms with Gasteiger partial charge in [-0.3, -0.25) is 4.68 Å². The Morgan fingerprint density at radius 3 is 2.88 bits per heavy atom. The lowest BCUT2D eigenvalue weighted by atomic mass is 10.2. The molecule has 4 heteroatoms. The van der Waals surface area contributed by atoms with E-state index in [0.717, 1.165) is 16.8 Å². The Bertz CT molecular complexity index is 491. The second-order valence-corrected chi connectivity index (χ2v) is 3.75. The van der Waals surface area contributed by atoms with Crippen molar-refractivity contribution in [3.63, 3.8) is 0 Å². The fraction of sp³-hybridized carbons (Fsp3) is 0.250. The Morgan fingerprint density at radius 1 is 1.44 bits per heavy atom. The van der Waals surface area contributed by atoms with Gasteiger partial charge >= 0.3 is 0 Å². The molecule has 0 fully saturated rings. The van der Waals surface area contributed by atoms with Gasteiger partial charge in [-0.1, -0.05) is 12.1 Å². The maximum atomic E-state index is 13.0. The van der Waals surface area contributed by atoms with Crippen molar-refractivity contribution in [1.29, 1.82) is 0 Å². The van der Waals surface area contributed by atoms with Crippen molar-refractivity contribution in [3.8, 4) is 0 Å². The third-order valence-electron chi connectivity index (χ3n) is 2.65. The number of hydrogen-bond acceptors (Lipinski definition) is 2. The zero-order valence-corrected chi connectivity index (χ0v) is 9.15. The Labute approximate surface area is 93.7 Å². The van der Waals surface area contributed by atoms with E-state index in [2.05, 4.69) is 5.10 Å². The summed E-state index contributed by atoms with van der Waals surface area (Å²) < 4.78 is 14.8. The van der Waals surface area contributed by atoms with E-state index in [4.69, 9.17) is 5.73 Å². The molecule has 0 aliphatic heterocycles. The fourth-order valence-electron chi connectivity index (χ4n) is 1.65. The van der Waals surface area contributed by atoms with Crippen LogP contribution in [0, 0.1) is 12.7 Å². The third-order valence-corrected chi connectivity index (χ3v) is 2.65. The molecule has 2 rings (SSSR count). The van der Waals surface area contributed by atoms with Crippen LogP contribution in [0.2, 0.25) is 0 Å². The van der Waals surface area contributed by atoms with Crippen molar-refractivity contribution in [2.45, 2.75) is 20.0 Å². The summed E-state index contributed by atoms with van der Waals surface area (Å²) in [5, 5.41) is 4.23. The molecular formula is C12H14FN3. The fourth-order valence-corrected chi connectivity index (χ4v) is 1.65. The van der Waals surface area contributed by atoms with E-state index in [0.29, 0.717) is 13.1 Å². The van der Waals surface area contributed by atoms with Crippen molar-refractivity contribution in [2.75, 3.05) is 0 Å². The van der Waals surface area contributed by atoms with Crippen molar-refractivity contribution < 1.29 is 4.39 Å². The maximum Gasteiger partial charge on any atom is 0.123 e. The van der Waals surface area contributed by atoms with Crippen LogP contribution in [0.4, 0.5) is 4.39 Å². The number of nitrogens with two attached hydrogens (primary N) is 1. The first-order valence-electron chi connectivity index (χ1n) is 5.16. The van der Waals surface area contributed by atoms with Crippen molar-refractivity contribution >= 4 is 0 Å². The van der Waals surface area contributed by atoms with Crippen LogP contribution in [-0.4, -0.2) is 9.78 Å². The van der Waals surface area contributed by atoms with Crippen molar-refractivity contribution in [3.05, 3.63) is 53.1 Å². The zero-order valence-electron chi connectivity index (χ0n) is 9.15. The zero-order chi connectivity index (χ0) is 11.5. The summed E-state index contributed by atoms with van der Waals surface area (Å²) >= 11 is 0. The van der Waals surface area contributed by atoms with Crippen molar-refractivity contribution in [1.82, 2.24) is 9.78 Å². The molecular weight excluding hydrogens is 205 g/mol. The summed E-state index contributed by atoms with van der Waals surface area (Å²) in [6.07, 6.45) is 1.76. The van der Waals surface area contributed by atoms with Crippen LogP contribution < -0.4 is 5.73 Å². The molecule has 0 unspecified atom stereocenters. The van der Waals surface area contributed by atoms with Crippen LogP contribution in [0.15, 0.2) is 30.5 Å². The topological polar surface area (TPSA) is 43.8 Å². The van der Waals surface area contributed by atoms with Crippen LogP contribution in [0.5, 0.6) is 0 Å².